The second-order valence-electron chi connectivity index (χ2n) is 4.27. The molecular formula is C14H21NO2. The molecule has 17 heavy (non-hydrogen) atoms. The van der Waals surface area contributed by atoms with Crippen LogP contribution in [0.1, 0.15) is 39.6 Å². The van der Waals surface area contributed by atoms with Gasteiger partial charge in [0.05, 0.1) is 12.5 Å². The lowest BCUT2D eigenvalue weighted by atomic mass is 9.88. The Morgan fingerprint density at radius 2 is 2.00 bits per heavy atom. The Labute approximate surface area is 104 Å². The number of ether oxygens (including phenoxy) is 1. The van der Waals surface area contributed by atoms with Crippen LogP contribution in [0.3, 0.4) is 0 Å². The maximum Gasteiger partial charge on any atom is 0.229 e. The normalized spacial score (nSPS) is 30.2. The van der Waals surface area contributed by atoms with E-state index >= 15 is 0 Å². The largest absolute Gasteiger partial charge is 0.348 e. The van der Waals surface area contributed by atoms with Crippen molar-refractivity contribution < 1.29 is 11.0 Å². The van der Waals surface area contributed by atoms with Gasteiger partial charge in [-0.25, -0.2) is 0 Å². The third-order valence-electron chi connectivity index (χ3n) is 3.20. The average Bonchev–Trinajstić information content (AvgIpc) is 3.12. The Kier molecular flexibility index (Phi) is 3.48. The van der Waals surface area contributed by atoms with Crippen molar-refractivity contribution in [2.45, 2.75) is 38.3 Å². The molecule has 2 unspecified atom stereocenters. The summed E-state index contributed by atoms with van der Waals surface area (Å²) in [6.45, 7) is 4.68. The van der Waals surface area contributed by atoms with E-state index in [9.17, 15) is 4.79 Å². The van der Waals surface area contributed by atoms with Crippen molar-refractivity contribution in [3.8, 4) is 0 Å². The molecule has 3 heteroatoms. The zero-order valence-corrected chi connectivity index (χ0v) is 10.4. The van der Waals surface area contributed by atoms with Crippen LogP contribution in [-0.4, -0.2) is 18.2 Å². The molecule has 1 spiro atoms. The number of piperidine rings is 1. The predicted octanol–water partition coefficient (Wildman–Crippen LogP) is 2.68. The highest BCUT2D eigenvalue weighted by Crippen LogP contribution is 2.38. The molecule has 3 rings (SSSR count). The highest BCUT2D eigenvalue weighted by Gasteiger charge is 2.50. The molecule has 94 valence electrons. The van der Waals surface area contributed by atoms with Crippen LogP contribution >= 0.6 is 0 Å². The van der Waals surface area contributed by atoms with Gasteiger partial charge in [-0.2, -0.15) is 0 Å². The molecule has 2 saturated heterocycles. The zero-order valence-electron chi connectivity index (χ0n) is 10.4. The van der Waals surface area contributed by atoms with Crippen molar-refractivity contribution in [3.63, 3.8) is 0 Å². The van der Waals surface area contributed by atoms with Crippen molar-refractivity contribution in [3.05, 3.63) is 35.9 Å². The van der Waals surface area contributed by atoms with Crippen molar-refractivity contribution in [1.29, 1.82) is 0 Å². The predicted molar refractivity (Wildman–Crippen MR) is 68.7 cm³/mol. The first-order valence-electron chi connectivity index (χ1n) is 6.30. The number of hydrogen-bond acceptors (Lipinski definition) is 2. The molecule has 0 aromatic heterocycles. The number of hydrogen-bond donors (Lipinski definition) is 1. The van der Waals surface area contributed by atoms with Gasteiger partial charge in [0, 0.05) is 1.43 Å². The van der Waals surface area contributed by atoms with E-state index in [4.69, 9.17) is 4.74 Å². The van der Waals surface area contributed by atoms with Gasteiger partial charge in [0.1, 0.15) is 0 Å². The van der Waals surface area contributed by atoms with Gasteiger partial charge in [-0.15, -0.1) is 0 Å². The number of benzene rings is 1. The Morgan fingerprint density at radius 3 is 2.53 bits per heavy atom. The minimum absolute atomic E-state index is 0. The van der Waals surface area contributed by atoms with Crippen LogP contribution in [0.15, 0.2) is 30.3 Å². The van der Waals surface area contributed by atoms with E-state index in [-0.39, 0.29) is 19.0 Å². The summed E-state index contributed by atoms with van der Waals surface area (Å²) in [5, 5.41) is 2.95. The Bertz CT molecular complexity index is 390. The number of carbonyl (C=O) groups is 1. The molecular weight excluding hydrogens is 214 g/mol. The fourth-order valence-electron chi connectivity index (χ4n) is 2.19. The van der Waals surface area contributed by atoms with Crippen LogP contribution in [0.2, 0.25) is 0 Å². The quantitative estimate of drug-likeness (QED) is 0.760. The molecule has 1 amide bonds. The number of carbonyl (C=O) groups excluding carboxylic acids is 1. The van der Waals surface area contributed by atoms with E-state index in [0.717, 1.165) is 18.4 Å². The number of epoxide rings is 1. The van der Waals surface area contributed by atoms with Crippen molar-refractivity contribution in [2.75, 3.05) is 6.61 Å². The van der Waals surface area contributed by atoms with Gasteiger partial charge >= 0.3 is 0 Å². The van der Waals surface area contributed by atoms with E-state index in [0.29, 0.717) is 6.61 Å². The van der Waals surface area contributed by atoms with Crippen molar-refractivity contribution >= 4 is 5.91 Å². The Hall–Kier alpha value is -1.35. The number of rotatable bonds is 1. The molecule has 2 aliphatic rings. The molecule has 0 bridgehead atoms. The van der Waals surface area contributed by atoms with E-state index in [1.54, 1.807) is 0 Å². The zero-order chi connectivity index (χ0) is 12.3. The maximum absolute atomic E-state index is 11.9. The first kappa shape index (κ1) is 12.1. The van der Waals surface area contributed by atoms with Crippen molar-refractivity contribution in [2.24, 2.45) is 0 Å². The SMILES string of the molecule is CC.O=C1NC2(CCC1c1ccccc1)CO2.[HH]. The average molecular weight is 235 g/mol. The lowest BCUT2D eigenvalue weighted by Gasteiger charge is -2.27. The molecule has 1 aromatic rings. The topological polar surface area (TPSA) is 41.6 Å². The van der Waals surface area contributed by atoms with Crippen LogP contribution < -0.4 is 5.32 Å². The summed E-state index contributed by atoms with van der Waals surface area (Å²) < 4.78 is 5.26. The van der Waals surface area contributed by atoms with Gasteiger partial charge in [0.2, 0.25) is 5.91 Å². The molecule has 0 radical (unpaired) electrons. The van der Waals surface area contributed by atoms with Crippen LogP contribution in [0.5, 0.6) is 0 Å². The summed E-state index contributed by atoms with van der Waals surface area (Å²) in [4.78, 5) is 11.9. The van der Waals surface area contributed by atoms with E-state index in [2.05, 4.69) is 5.32 Å². The Morgan fingerprint density at radius 1 is 1.35 bits per heavy atom. The van der Waals surface area contributed by atoms with Gasteiger partial charge < -0.3 is 10.1 Å². The van der Waals surface area contributed by atoms with Gasteiger partial charge in [0.25, 0.3) is 0 Å². The maximum atomic E-state index is 11.9. The van der Waals surface area contributed by atoms with E-state index in [1.165, 1.54) is 0 Å². The molecule has 0 saturated carbocycles. The minimum atomic E-state index is -0.289. The van der Waals surface area contributed by atoms with Gasteiger partial charge in [-0.05, 0) is 18.4 Å². The van der Waals surface area contributed by atoms with Crippen LogP contribution in [0.25, 0.3) is 0 Å². The second-order valence-corrected chi connectivity index (χ2v) is 4.27. The highest BCUT2D eigenvalue weighted by atomic mass is 16.6. The summed E-state index contributed by atoms with van der Waals surface area (Å²) in [5.41, 5.74) is 0.813. The minimum Gasteiger partial charge on any atom is -0.348 e. The first-order valence-corrected chi connectivity index (χ1v) is 6.30. The van der Waals surface area contributed by atoms with Crippen LogP contribution in [0.4, 0.5) is 0 Å². The van der Waals surface area contributed by atoms with Crippen LogP contribution in [0, 0.1) is 0 Å². The smallest absolute Gasteiger partial charge is 0.229 e. The molecule has 1 N–H and O–H groups in total. The fourth-order valence-corrected chi connectivity index (χ4v) is 2.19. The van der Waals surface area contributed by atoms with E-state index in [1.807, 2.05) is 44.2 Å². The monoisotopic (exact) mass is 235 g/mol. The lowest BCUT2D eigenvalue weighted by molar-refractivity contribution is -0.126. The third kappa shape index (κ3) is 2.50. The standard InChI is InChI=1S/C12H13NO2.C2H6.H2/c14-11-10(9-4-2-1-3-5-9)6-7-12(13-11)8-15-12;1-2;/h1-5,10H,6-8H2,(H,13,14);1-2H3;1H. The van der Waals surface area contributed by atoms with Crippen molar-refractivity contribution in [1.82, 2.24) is 5.32 Å². The molecule has 0 aliphatic carbocycles. The lowest BCUT2D eigenvalue weighted by Crippen LogP contribution is -2.45. The molecule has 2 atom stereocenters. The Balaban J connectivity index is 0.000000516. The molecule has 2 aliphatic heterocycles. The highest BCUT2D eigenvalue weighted by molar-refractivity contribution is 5.85. The van der Waals surface area contributed by atoms with Gasteiger partial charge in [-0.1, -0.05) is 44.2 Å². The molecule has 2 heterocycles. The summed E-state index contributed by atoms with van der Waals surface area (Å²) in [5.74, 6) is 0.103. The first-order chi connectivity index (χ1) is 8.29. The molecule has 2 fully saturated rings. The summed E-state index contributed by atoms with van der Waals surface area (Å²) in [6, 6.07) is 9.93. The summed E-state index contributed by atoms with van der Waals surface area (Å²) in [7, 11) is 0. The number of nitrogens with one attached hydrogen (secondary N) is 1. The fraction of sp³-hybridized carbons (Fsp3) is 0.500. The van der Waals surface area contributed by atoms with Crippen LogP contribution in [-0.2, 0) is 9.53 Å². The third-order valence-corrected chi connectivity index (χ3v) is 3.20. The summed E-state index contributed by atoms with van der Waals surface area (Å²) >= 11 is 0. The second kappa shape index (κ2) is 4.88. The summed E-state index contributed by atoms with van der Waals surface area (Å²) in [6.07, 6.45) is 1.81. The van der Waals surface area contributed by atoms with E-state index < -0.39 is 0 Å². The molecule has 1 aromatic carbocycles. The molecule has 3 nitrogen and oxygen atoms in total. The van der Waals surface area contributed by atoms with Gasteiger partial charge in [0.15, 0.2) is 5.72 Å². The number of amides is 1. The van der Waals surface area contributed by atoms with Gasteiger partial charge in [-0.3, -0.25) is 4.79 Å².